The number of aliphatic hydroxyl groups is 1. The third-order valence-electron chi connectivity index (χ3n) is 1.19. The molecule has 4 N–H and O–H groups in total. The van der Waals surface area contributed by atoms with Gasteiger partial charge in [0, 0.05) is 6.08 Å². The summed E-state index contributed by atoms with van der Waals surface area (Å²) in [6, 6.07) is 0. The van der Waals surface area contributed by atoms with Crippen molar-refractivity contribution in [1.82, 2.24) is 0 Å². The van der Waals surface area contributed by atoms with E-state index in [0.717, 1.165) is 5.57 Å². The van der Waals surface area contributed by atoms with Crippen LogP contribution in [0.5, 0.6) is 0 Å². The predicted octanol–water partition coefficient (Wildman–Crippen LogP) is 0.636. The van der Waals surface area contributed by atoms with Crippen LogP contribution in [0.2, 0.25) is 0 Å². The monoisotopic (exact) mass is 162 g/mol. The quantitative estimate of drug-likeness (QED) is 0.454. The lowest BCUT2D eigenvalue weighted by atomic mass is 10.2. The van der Waals surface area contributed by atoms with Crippen molar-refractivity contribution in [2.75, 3.05) is 0 Å². The van der Waals surface area contributed by atoms with Gasteiger partial charge in [-0.1, -0.05) is 6.08 Å². The fourth-order valence-corrected chi connectivity index (χ4v) is 0.424. The number of aliphatic hydroxyl groups excluding tert-OH is 1. The molecule has 58 valence electrons. The highest BCUT2D eigenvalue weighted by atomic mass is 35.5. The smallest absolute Gasteiger partial charge is 0.196 e. The molecular weight excluding hydrogens is 150 g/mol. The van der Waals surface area contributed by atoms with Crippen LogP contribution < -0.4 is 5.73 Å². The van der Waals surface area contributed by atoms with Gasteiger partial charge < -0.3 is 10.8 Å². The molecular formula is C7H13ClNO+. The Bertz CT molecular complexity index is 157. The van der Waals surface area contributed by atoms with Crippen LogP contribution in [0.15, 0.2) is 22.9 Å². The van der Waals surface area contributed by atoms with Crippen LogP contribution in [0.25, 0.3) is 0 Å². The van der Waals surface area contributed by atoms with E-state index in [4.69, 9.17) is 16.7 Å². The number of halogens is 1. The Morgan fingerprint density at radius 1 is 1.60 bits per heavy atom. The summed E-state index contributed by atoms with van der Waals surface area (Å²) in [4.78, 5) is 0. The van der Waals surface area contributed by atoms with E-state index in [9.17, 15) is 0 Å². The zero-order valence-corrected chi connectivity index (χ0v) is 7.02. The molecule has 0 fully saturated rings. The summed E-state index contributed by atoms with van der Waals surface area (Å²) >= 11 is 5.45. The van der Waals surface area contributed by atoms with Gasteiger partial charge in [0.15, 0.2) is 5.16 Å². The van der Waals surface area contributed by atoms with Crippen molar-refractivity contribution in [3.8, 4) is 0 Å². The Kier molecular flexibility index (Phi) is 4.36. The third-order valence-corrected chi connectivity index (χ3v) is 1.31. The number of hydrogen-bond acceptors (Lipinski definition) is 1. The first kappa shape index (κ1) is 9.69. The fourth-order valence-electron chi connectivity index (χ4n) is 0.361. The molecule has 0 aliphatic heterocycles. The van der Waals surface area contributed by atoms with Gasteiger partial charge in [-0.3, -0.25) is 0 Å². The minimum absolute atomic E-state index is 0.410. The Morgan fingerprint density at radius 3 is 2.40 bits per heavy atom. The van der Waals surface area contributed by atoms with Crippen LogP contribution in [0.1, 0.15) is 13.8 Å². The van der Waals surface area contributed by atoms with Crippen LogP contribution in [-0.4, -0.2) is 11.2 Å². The molecule has 0 saturated heterocycles. The van der Waals surface area contributed by atoms with Crippen molar-refractivity contribution in [3.63, 3.8) is 0 Å². The molecule has 0 aliphatic carbocycles. The second-order valence-electron chi connectivity index (χ2n) is 2.20. The molecule has 0 saturated carbocycles. The van der Waals surface area contributed by atoms with Gasteiger partial charge >= 0.3 is 0 Å². The Labute approximate surface area is 66.0 Å². The third kappa shape index (κ3) is 4.56. The molecule has 0 radical (unpaired) electrons. The molecule has 0 aromatic carbocycles. The molecule has 10 heavy (non-hydrogen) atoms. The number of allylic oxidation sites excluding steroid dienone is 2. The van der Waals surface area contributed by atoms with Gasteiger partial charge in [-0.2, -0.15) is 0 Å². The summed E-state index contributed by atoms with van der Waals surface area (Å²) in [6.07, 6.45) is 3.00. The van der Waals surface area contributed by atoms with Crippen molar-refractivity contribution in [2.45, 2.75) is 20.0 Å². The molecule has 1 unspecified atom stereocenters. The molecule has 1 atom stereocenters. The average Bonchev–Trinajstić information content (AvgIpc) is 1.82. The van der Waals surface area contributed by atoms with Crippen LogP contribution >= 0.6 is 11.6 Å². The largest absolute Gasteiger partial charge is 0.389 e. The first-order chi connectivity index (χ1) is 4.54. The molecule has 0 bridgehead atoms. The summed E-state index contributed by atoms with van der Waals surface area (Å²) in [5, 5.41) is 9.44. The fraction of sp³-hybridized carbons (Fsp3) is 0.429. The molecule has 0 spiro atoms. The molecule has 2 nitrogen and oxygen atoms in total. The summed E-state index contributed by atoms with van der Waals surface area (Å²) in [5.74, 6) is 0. The highest BCUT2D eigenvalue weighted by Crippen LogP contribution is 2.00. The van der Waals surface area contributed by atoms with E-state index >= 15 is 0 Å². The van der Waals surface area contributed by atoms with Gasteiger partial charge in [-0.25, -0.2) is 0 Å². The lowest BCUT2D eigenvalue weighted by molar-refractivity contribution is -0.286. The summed E-state index contributed by atoms with van der Waals surface area (Å²) in [5.41, 5.74) is 4.35. The number of quaternary nitrogens is 1. The van der Waals surface area contributed by atoms with E-state index in [1.807, 2.05) is 6.92 Å². The predicted molar refractivity (Wildman–Crippen MR) is 42.3 cm³/mol. The maximum atomic E-state index is 8.97. The van der Waals surface area contributed by atoms with Crippen molar-refractivity contribution < 1.29 is 10.8 Å². The van der Waals surface area contributed by atoms with Gasteiger partial charge in [0.25, 0.3) is 0 Å². The number of hydrogen-bond donors (Lipinski definition) is 2. The summed E-state index contributed by atoms with van der Waals surface area (Å²) in [6.45, 7) is 3.54. The minimum Gasteiger partial charge on any atom is -0.389 e. The SMILES string of the molecule is CC(=CC=C([NH3+])Cl)C(C)O. The summed E-state index contributed by atoms with van der Waals surface area (Å²) in [7, 11) is 0. The Morgan fingerprint density at radius 2 is 2.10 bits per heavy atom. The van der Waals surface area contributed by atoms with E-state index < -0.39 is 6.10 Å². The molecule has 0 rings (SSSR count). The van der Waals surface area contributed by atoms with E-state index in [1.165, 1.54) is 0 Å². The number of rotatable bonds is 2. The van der Waals surface area contributed by atoms with Crippen LogP contribution in [0, 0.1) is 0 Å². The zero-order valence-electron chi connectivity index (χ0n) is 6.26. The van der Waals surface area contributed by atoms with E-state index in [2.05, 4.69) is 5.73 Å². The van der Waals surface area contributed by atoms with Gasteiger partial charge in [-0.05, 0) is 31.0 Å². The van der Waals surface area contributed by atoms with Gasteiger partial charge in [-0.15, -0.1) is 0 Å². The van der Waals surface area contributed by atoms with Gasteiger partial charge in [0.05, 0.1) is 6.10 Å². The van der Waals surface area contributed by atoms with Gasteiger partial charge in [0.1, 0.15) is 0 Å². The molecule has 0 aromatic heterocycles. The van der Waals surface area contributed by atoms with E-state index in [-0.39, 0.29) is 0 Å². The lowest BCUT2D eigenvalue weighted by Crippen LogP contribution is -2.44. The zero-order chi connectivity index (χ0) is 8.15. The van der Waals surface area contributed by atoms with Crippen molar-refractivity contribution in [2.24, 2.45) is 0 Å². The standard InChI is InChI=1S/C7H12ClNO/c1-5(6(2)10)3-4-7(8)9/h3-4,6,10H,9H2,1-2H3/p+1. The van der Waals surface area contributed by atoms with Crippen LogP contribution in [0.3, 0.4) is 0 Å². The van der Waals surface area contributed by atoms with Crippen LogP contribution in [0.4, 0.5) is 0 Å². The van der Waals surface area contributed by atoms with Crippen molar-refractivity contribution in [1.29, 1.82) is 0 Å². The molecule has 0 aliphatic rings. The van der Waals surface area contributed by atoms with Gasteiger partial charge in [0.2, 0.25) is 0 Å². The first-order valence-corrected chi connectivity index (χ1v) is 3.46. The Hall–Kier alpha value is -0.310. The van der Waals surface area contributed by atoms with Crippen molar-refractivity contribution >= 4 is 11.6 Å². The van der Waals surface area contributed by atoms with E-state index in [1.54, 1.807) is 19.1 Å². The highest BCUT2D eigenvalue weighted by Gasteiger charge is 1.95. The maximum Gasteiger partial charge on any atom is 0.196 e. The maximum absolute atomic E-state index is 8.97. The minimum atomic E-state index is -0.410. The normalized spacial score (nSPS) is 17.3. The molecule has 0 aromatic rings. The van der Waals surface area contributed by atoms with Crippen molar-refractivity contribution in [3.05, 3.63) is 22.9 Å². The van der Waals surface area contributed by atoms with E-state index in [0.29, 0.717) is 5.16 Å². The average molecular weight is 163 g/mol. The molecule has 0 amide bonds. The molecule has 3 heteroatoms. The molecule has 0 heterocycles. The Balaban J connectivity index is 4.05. The topological polar surface area (TPSA) is 47.9 Å². The highest BCUT2D eigenvalue weighted by molar-refractivity contribution is 6.27. The second-order valence-corrected chi connectivity index (χ2v) is 2.69. The lowest BCUT2D eigenvalue weighted by Gasteiger charge is -2.00. The first-order valence-electron chi connectivity index (χ1n) is 3.08. The summed E-state index contributed by atoms with van der Waals surface area (Å²) < 4.78 is 0. The van der Waals surface area contributed by atoms with Crippen LogP contribution in [-0.2, 0) is 0 Å². The second kappa shape index (κ2) is 4.50.